The maximum absolute atomic E-state index is 11.0. The van der Waals surface area contributed by atoms with Gasteiger partial charge in [-0.25, -0.2) is 0 Å². The number of primary amides is 1. The smallest absolute Gasteiger partial charge is 0.223 e. The van der Waals surface area contributed by atoms with Gasteiger partial charge in [-0.2, -0.15) is 0 Å². The lowest BCUT2D eigenvalue weighted by atomic mass is 10.1. The van der Waals surface area contributed by atoms with E-state index in [4.69, 9.17) is 16.2 Å². The van der Waals surface area contributed by atoms with Gasteiger partial charge in [-0.1, -0.05) is 22.9 Å². The van der Waals surface area contributed by atoms with Crippen LogP contribution in [0.15, 0.2) is 22.7 Å². The molecular weight excluding hydrogens is 296 g/mol. The summed E-state index contributed by atoms with van der Waals surface area (Å²) in [4.78, 5) is 11.0. The molecular formula is C13H19BrN2O2. The van der Waals surface area contributed by atoms with E-state index >= 15 is 0 Å². The maximum atomic E-state index is 11.0. The lowest BCUT2D eigenvalue weighted by molar-refractivity contribution is -0.122. The van der Waals surface area contributed by atoms with Gasteiger partial charge in [-0.3, -0.25) is 4.79 Å². The normalized spacial score (nSPS) is 14.0. The fourth-order valence-electron chi connectivity index (χ4n) is 1.49. The zero-order chi connectivity index (χ0) is 13.7. The van der Waals surface area contributed by atoms with Crippen LogP contribution < -0.4 is 16.2 Å². The number of hydrogen-bond donors (Lipinski definition) is 2. The van der Waals surface area contributed by atoms with Crippen LogP contribution in [0.25, 0.3) is 0 Å². The third-order valence-corrected chi connectivity index (χ3v) is 3.03. The van der Waals surface area contributed by atoms with E-state index in [9.17, 15) is 4.79 Å². The van der Waals surface area contributed by atoms with Crippen LogP contribution in [0, 0.1) is 5.92 Å². The minimum Gasteiger partial charge on any atom is -0.492 e. The van der Waals surface area contributed by atoms with Crippen LogP contribution in [-0.2, 0) is 11.2 Å². The van der Waals surface area contributed by atoms with Crippen molar-refractivity contribution in [1.29, 1.82) is 0 Å². The number of hydrogen-bond acceptors (Lipinski definition) is 3. The van der Waals surface area contributed by atoms with Gasteiger partial charge in [-0.05, 0) is 37.1 Å². The van der Waals surface area contributed by atoms with Crippen molar-refractivity contribution in [1.82, 2.24) is 0 Å². The van der Waals surface area contributed by atoms with Crippen molar-refractivity contribution in [3.8, 4) is 5.75 Å². The van der Waals surface area contributed by atoms with Crippen molar-refractivity contribution in [2.45, 2.75) is 26.3 Å². The molecule has 0 spiro atoms. The number of benzene rings is 1. The van der Waals surface area contributed by atoms with Gasteiger partial charge in [0, 0.05) is 10.5 Å². The van der Waals surface area contributed by atoms with E-state index in [1.165, 1.54) is 0 Å². The van der Waals surface area contributed by atoms with E-state index in [-0.39, 0.29) is 24.5 Å². The molecule has 0 saturated carbocycles. The summed E-state index contributed by atoms with van der Waals surface area (Å²) >= 11 is 3.42. The van der Waals surface area contributed by atoms with Crippen LogP contribution in [0.4, 0.5) is 0 Å². The first-order valence-electron chi connectivity index (χ1n) is 5.86. The molecule has 1 amide bonds. The summed E-state index contributed by atoms with van der Waals surface area (Å²) in [6.07, 6.45) is 0.722. The number of carbonyl (C=O) groups excluding carboxylic acids is 1. The number of ether oxygens (including phenoxy) is 1. The van der Waals surface area contributed by atoms with E-state index in [2.05, 4.69) is 15.9 Å². The number of rotatable bonds is 6. The lowest BCUT2D eigenvalue weighted by Crippen LogP contribution is -2.26. The third-order valence-electron chi connectivity index (χ3n) is 2.54. The summed E-state index contributed by atoms with van der Waals surface area (Å²) < 4.78 is 6.62. The largest absolute Gasteiger partial charge is 0.492 e. The van der Waals surface area contributed by atoms with Gasteiger partial charge < -0.3 is 16.2 Å². The van der Waals surface area contributed by atoms with Crippen molar-refractivity contribution < 1.29 is 9.53 Å². The highest BCUT2D eigenvalue weighted by atomic mass is 79.9. The Labute approximate surface area is 116 Å². The van der Waals surface area contributed by atoms with Crippen molar-refractivity contribution >= 4 is 21.8 Å². The molecule has 0 heterocycles. The second-order valence-electron chi connectivity index (χ2n) is 4.55. The lowest BCUT2D eigenvalue weighted by Gasteiger charge is -2.15. The summed E-state index contributed by atoms with van der Waals surface area (Å²) in [7, 11) is 0. The molecule has 5 heteroatoms. The Morgan fingerprint density at radius 1 is 1.44 bits per heavy atom. The molecule has 1 aromatic carbocycles. The van der Waals surface area contributed by atoms with Crippen molar-refractivity contribution in [3.05, 3.63) is 28.2 Å². The molecule has 4 nitrogen and oxygen atoms in total. The first-order chi connectivity index (χ1) is 8.40. The predicted molar refractivity (Wildman–Crippen MR) is 75.3 cm³/mol. The van der Waals surface area contributed by atoms with E-state index in [1.54, 1.807) is 6.92 Å². The predicted octanol–water partition coefficient (Wildman–Crippen LogP) is 1.84. The Morgan fingerprint density at radius 2 is 2.11 bits per heavy atom. The minimum atomic E-state index is -0.360. The molecule has 0 aliphatic heterocycles. The maximum Gasteiger partial charge on any atom is 0.223 e. The molecule has 2 atom stereocenters. The van der Waals surface area contributed by atoms with Crippen LogP contribution in [-0.4, -0.2) is 18.6 Å². The Kier molecular flexibility index (Phi) is 5.62. The van der Waals surface area contributed by atoms with E-state index < -0.39 is 0 Å². The molecule has 0 bridgehead atoms. The van der Waals surface area contributed by atoms with E-state index in [0.717, 1.165) is 22.2 Å². The first-order valence-corrected chi connectivity index (χ1v) is 6.65. The molecule has 1 aromatic rings. The molecule has 0 saturated heterocycles. The van der Waals surface area contributed by atoms with Crippen LogP contribution in [0.1, 0.15) is 19.4 Å². The Balaban J connectivity index is 2.77. The second kappa shape index (κ2) is 6.75. The molecule has 0 aliphatic carbocycles. The number of nitrogens with two attached hydrogens (primary N) is 2. The van der Waals surface area contributed by atoms with Gasteiger partial charge in [-0.15, -0.1) is 0 Å². The van der Waals surface area contributed by atoms with Gasteiger partial charge in [0.1, 0.15) is 5.75 Å². The minimum absolute atomic E-state index is 0.0511. The third kappa shape index (κ3) is 4.66. The SMILES string of the molecule is CC(N)Cc1cc(Br)ccc1OCC(C)C(N)=O. The Morgan fingerprint density at radius 3 is 2.67 bits per heavy atom. The quantitative estimate of drug-likeness (QED) is 0.841. The summed E-state index contributed by atoms with van der Waals surface area (Å²) in [5.41, 5.74) is 12.0. The number of carbonyl (C=O) groups is 1. The van der Waals surface area contributed by atoms with Crippen LogP contribution >= 0.6 is 15.9 Å². The van der Waals surface area contributed by atoms with Gasteiger partial charge in [0.25, 0.3) is 0 Å². The zero-order valence-corrected chi connectivity index (χ0v) is 12.2. The average molecular weight is 315 g/mol. The molecule has 18 heavy (non-hydrogen) atoms. The Bertz CT molecular complexity index is 421. The van der Waals surface area contributed by atoms with Crippen LogP contribution in [0.2, 0.25) is 0 Å². The van der Waals surface area contributed by atoms with Crippen LogP contribution in [0.3, 0.4) is 0 Å². The fourth-order valence-corrected chi connectivity index (χ4v) is 1.90. The van der Waals surface area contributed by atoms with Gasteiger partial charge in [0.05, 0.1) is 12.5 Å². The van der Waals surface area contributed by atoms with Gasteiger partial charge in [0.15, 0.2) is 0 Å². The summed E-state index contributed by atoms with van der Waals surface area (Å²) in [5, 5.41) is 0. The molecule has 4 N–H and O–H groups in total. The topological polar surface area (TPSA) is 78.3 Å². The van der Waals surface area contributed by atoms with Crippen LogP contribution in [0.5, 0.6) is 5.75 Å². The highest BCUT2D eigenvalue weighted by molar-refractivity contribution is 9.10. The van der Waals surface area contributed by atoms with Gasteiger partial charge >= 0.3 is 0 Å². The number of halogens is 1. The molecule has 0 radical (unpaired) electrons. The van der Waals surface area contributed by atoms with Crippen molar-refractivity contribution in [3.63, 3.8) is 0 Å². The van der Waals surface area contributed by atoms with Crippen molar-refractivity contribution in [2.24, 2.45) is 17.4 Å². The molecule has 1 rings (SSSR count). The summed E-state index contributed by atoms with van der Waals surface area (Å²) in [5.74, 6) is 0.0845. The molecule has 0 fully saturated rings. The highest BCUT2D eigenvalue weighted by Crippen LogP contribution is 2.24. The fraction of sp³-hybridized carbons (Fsp3) is 0.462. The number of amides is 1. The highest BCUT2D eigenvalue weighted by Gasteiger charge is 2.12. The molecule has 100 valence electrons. The summed E-state index contributed by atoms with van der Waals surface area (Å²) in [6, 6.07) is 5.80. The molecule has 0 aliphatic rings. The van der Waals surface area contributed by atoms with E-state index in [0.29, 0.717) is 0 Å². The standard InChI is InChI=1S/C13H19BrN2O2/c1-8(13(16)17)7-18-12-4-3-11(14)6-10(12)5-9(2)15/h3-4,6,8-9H,5,7,15H2,1-2H3,(H2,16,17). The van der Waals surface area contributed by atoms with E-state index in [1.807, 2.05) is 25.1 Å². The zero-order valence-electron chi connectivity index (χ0n) is 10.7. The average Bonchev–Trinajstić information content (AvgIpc) is 2.26. The van der Waals surface area contributed by atoms with Crippen molar-refractivity contribution in [2.75, 3.05) is 6.61 Å². The first kappa shape index (κ1) is 15.0. The Hall–Kier alpha value is -1.07. The monoisotopic (exact) mass is 314 g/mol. The molecule has 2 unspecified atom stereocenters. The van der Waals surface area contributed by atoms with Gasteiger partial charge in [0.2, 0.25) is 5.91 Å². The summed E-state index contributed by atoms with van der Waals surface area (Å²) in [6.45, 7) is 3.96. The second-order valence-corrected chi connectivity index (χ2v) is 5.46. The molecule has 0 aromatic heterocycles.